The third kappa shape index (κ3) is 2.71. The number of benzene rings is 1. The van der Waals surface area contributed by atoms with Crippen molar-refractivity contribution in [1.82, 2.24) is 14.8 Å². The van der Waals surface area contributed by atoms with Crippen molar-refractivity contribution in [2.45, 2.75) is 17.3 Å². The standard InChI is InChI=1S/C13H14N4OS/c1-9(8-14)19-13-16-15-12(17(13)2)10-6-4-5-7-11(10)18-3/h4-7,9H,1-3H3. The van der Waals surface area contributed by atoms with Crippen molar-refractivity contribution in [2.24, 2.45) is 7.05 Å². The molecular weight excluding hydrogens is 260 g/mol. The number of para-hydroxylation sites is 1. The van der Waals surface area contributed by atoms with Crippen LogP contribution in [0.3, 0.4) is 0 Å². The van der Waals surface area contributed by atoms with Crippen LogP contribution in [0.25, 0.3) is 11.4 Å². The molecule has 5 nitrogen and oxygen atoms in total. The zero-order valence-corrected chi connectivity index (χ0v) is 11.8. The first-order chi connectivity index (χ1) is 9.17. The molecule has 1 atom stereocenters. The van der Waals surface area contributed by atoms with Crippen LogP contribution in [-0.2, 0) is 7.05 Å². The van der Waals surface area contributed by atoms with E-state index < -0.39 is 0 Å². The molecule has 1 unspecified atom stereocenters. The number of hydrogen-bond acceptors (Lipinski definition) is 5. The lowest BCUT2D eigenvalue weighted by Crippen LogP contribution is -1.99. The minimum Gasteiger partial charge on any atom is -0.496 e. The van der Waals surface area contributed by atoms with Crippen molar-refractivity contribution < 1.29 is 4.74 Å². The highest BCUT2D eigenvalue weighted by molar-refractivity contribution is 8.00. The van der Waals surface area contributed by atoms with Gasteiger partial charge in [0.25, 0.3) is 0 Å². The molecule has 0 N–H and O–H groups in total. The fourth-order valence-electron chi connectivity index (χ4n) is 1.67. The summed E-state index contributed by atoms with van der Waals surface area (Å²) in [5.74, 6) is 1.48. The van der Waals surface area contributed by atoms with E-state index in [0.717, 1.165) is 22.3 Å². The summed E-state index contributed by atoms with van der Waals surface area (Å²) in [6, 6.07) is 9.83. The molecule has 0 radical (unpaired) electrons. The zero-order chi connectivity index (χ0) is 13.8. The van der Waals surface area contributed by atoms with Gasteiger partial charge in [-0.1, -0.05) is 23.9 Å². The van der Waals surface area contributed by atoms with Crippen LogP contribution in [0.4, 0.5) is 0 Å². The monoisotopic (exact) mass is 274 g/mol. The zero-order valence-electron chi connectivity index (χ0n) is 11.0. The molecule has 0 amide bonds. The van der Waals surface area contributed by atoms with Gasteiger partial charge in [0.05, 0.1) is 24.0 Å². The van der Waals surface area contributed by atoms with Crippen molar-refractivity contribution in [3.8, 4) is 23.2 Å². The molecule has 98 valence electrons. The summed E-state index contributed by atoms with van der Waals surface area (Å²) < 4.78 is 7.20. The van der Waals surface area contributed by atoms with Crippen molar-refractivity contribution in [2.75, 3.05) is 7.11 Å². The van der Waals surface area contributed by atoms with E-state index in [1.54, 1.807) is 7.11 Å². The highest BCUT2D eigenvalue weighted by Crippen LogP contribution is 2.30. The summed E-state index contributed by atoms with van der Waals surface area (Å²) >= 11 is 1.39. The van der Waals surface area contributed by atoms with Gasteiger partial charge >= 0.3 is 0 Å². The van der Waals surface area contributed by atoms with Crippen LogP contribution in [0, 0.1) is 11.3 Å². The Morgan fingerprint density at radius 1 is 1.37 bits per heavy atom. The molecule has 2 rings (SSSR count). The minimum atomic E-state index is -0.159. The van der Waals surface area contributed by atoms with Gasteiger partial charge in [0, 0.05) is 7.05 Å². The Kier molecular flexibility index (Phi) is 4.07. The number of methoxy groups -OCH3 is 1. The van der Waals surface area contributed by atoms with E-state index in [2.05, 4.69) is 16.3 Å². The van der Waals surface area contributed by atoms with Gasteiger partial charge in [-0.25, -0.2) is 0 Å². The lowest BCUT2D eigenvalue weighted by atomic mass is 10.2. The van der Waals surface area contributed by atoms with Gasteiger partial charge in [0.1, 0.15) is 5.75 Å². The van der Waals surface area contributed by atoms with E-state index in [1.165, 1.54) is 11.8 Å². The molecule has 19 heavy (non-hydrogen) atoms. The van der Waals surface area contributed by atoms with E-state index in [-0.39, 0.29) is 5.25 Å². The molecule has 0 spiro atoms. The summed E-state index contributed by atoms with van der Waals surface area (Å²) in [6.45, 7) is 1.84. The molecule has 1 aromatic heterocycles. The van der Waals surface area contributed by atoms with Crippen LogP contribution in [0.15, 0.2) is 29.4 Å². The fourth-order valence-corrected chi connectivity index (χ4v) is 2.37. The number of ether oxygens (including phenoxy) is 1. The van der Waals surface area contributed by atoms with Crippen LogP contribution in [0.2, 0.25) is 0 Å². The Morgan fingerprint density at radius 3 is 2.79 bits per heavy atom. The Balaban J connectivity index is 2.39. The summed E-state index contributed by atoms with van der Waals surface area (Å²) in [4.78, 5) is 0. The number of nitrogens with zero attached hydrogens (tertiary/aromatic N) is 4. The molecule has 0 bridgehead atoms. The van der Waals surface area contributed by atoms with Gasteiger partial charge in [-0.15, -0.1) is 10.2 Å². The predicted molar refractivity (Wildman–Crippen MR) is 73.9 cm³/mol. The maximum absolute atomic E-state index is 8.84. The Labute approximate surface area is 116 Å². The second-order valence-electron chi connectivity index (χ2n) is 3.95. The first-order valence-corrected chi connectivity index (χ1v) is 6.64. The smallest absolute Gasteiger partial charge is 0.192 e. The lowest BCUT2D eigenvalue weighted by molar-refractivity contribution is 0.416. The molecule has 0 fully saturated rings. The Bertz CT molecular complexity index is 617. The van der Waals surface area contributed by atoms with E-state index in [0.29, 0.717) is 0 Å². The first kappa shape index (κ1) is 13.4. The minimum absolute atomic E-state index is 0.159. The van der Waals surface area contributed by atoms with Crippen molar-refractivity contribution >= 4 is 11.8 Å². The van der Waals surface area contributed by atoms with Gasteiger partial charge in [0.2, 0.25) is 0 Å². The van der Waals surface area contributed by atoms with Crippen LogP contribution in [0.1, 0.15) is 6.92 Å². The average molecular weight is 274 g/mol. The third-order valence-corrected chi connectivity index (χ3v) is 3.67. The maximum Gasteiger partial charge on any atom is 0.192 e. The molecule has 0 saturated carbocycles. The third-order valence-electron chi connectivity index (χ3n) is 2.65. The quantitative estimate of drug-likeness (QED) is 0.801. The second kappa shape index (κ2) is 5.76. The largest absolute Gasteiger partial charge is 0.496 e. The Hall–Kier alpha value is -2.00. The Morgan fingerprint density at radius 2 is 2.11 bits per heavy atom. The van der Waals surface area contributed by atoms with E-state index in [1.807, 2.05) is 42.8 Å². The molecule has 1 aromatic carbocycles. The van der Waals surface area contributed by atoms with E-state index in [9.17, 15) is 0 Å². The highest BCUT2D eigenvalue weighted by Gasteiger charge is 2.16. The molecule has 6 heteroatoms. The van der Waals surface area contributed by atoms with E-state index >= 15 is 0 Å². The van der Waals surface area contributed by atoms with Crippen LogP contribution >= 0.6 is 11.8 Å². The SMILES string of the molecule is COc1ccccc1-c1nnc(SC(C)C#N)n1C. The normalized spacial score (nSPS) is 11.9. The number of aromatic nitrogens is 3. The van der Waals surface area contributed by atoms with Gasteiger partial charge in [-0.05, 0) is 19.1 Å². The fraction of sp³-hybridized carbons (Fsp3) is 0.308. The number of nitriles is 1. The van der Waals surface area contributed by atoms with Gasteiger partial charge in [0.15, 0.2) is 11.0 Å². The molecule has 0 aliphatic rings. The number of hydrogen-bond donors (Lipinski definition) is 0. The maximum atomic E-state index is 8.84. The summed E-state index contributed by atoms with van der Waals surface area (Å²) in [7, 11) is 3.51. The number of thioether (sulfide) groups is 1. The molecule has 1 heterocycles. The molecule has 2 aromatic rings. The lowest BCUT2D eigenvalue weighted by Gasteiger charge is -2.08. The van der Waals surface area contributed by atoms with Crippen molar-refractivity contribution in [3.05, 3.63) is 24.3 Å². The van der Waals surface area contributed by atoms with E-state index in [4.69, 9.17) is 10.00 Å². The molecule has 0 aliphatic carbocycles. The van der Waals surface area contributed by atoms with Crippen LogP contribution in [0.5, 0.6) is 5.75 Å². The van der Waals surface area contributed by atoms with Crippen LogP contribution < -0.4 is 4.74 Å². The second-order valence-corrected chi connectivity index (χ2v) is 5.26. The average Bonchev–Trinajstić information content (AvgIpc) is 2.80. The number of rotatable bonds is 4. The molecule has 0 aliphatic heterocycles. The van der Waals surface area contributed by atoms with Gasteiger partial charge < -0.3 is 9.30 Å². The molecule has 0 saturated heterocycles. The summed E-state index contributed by atoms with van der Waals surface area (Å²) in [5, 5.41) is 17.7. The van der Waals surface area contributed by atoms with Crippen molar-refractivity contribution in [3.63, 3.8) is 0 Å². The topological polar surface area (TPSA) is 63.7 Å². The summed E-state index contributed by atoms with van der Waals surface area (Å²) in [5.41, 5.74) is 0.886. The molecular formula is C13H14N4OS. The highest BCUT2D eigenvalue weighted by atomic mass is 32.2. The van der Waals surface area contributed by atoms with Gasteiger partial charge in [-0.3, -0.25) is 0 Å². The summed E-state index contributed by atoms with van der Waals surface area (Å²) in [6.07, 6.45) is 0. The first-order valence-electron chi connectivity index (χ1n) is 5.76. The van der Waals surface area contributed by atoms with Gasteiger partial charge in [-0.2, -0.15) is 5.26 Å². The van der Waals surface area contributed by atoms with Crippen LogP contribution in [-0.4, -0.2) is 27.1 Å². The predicted octanol–water partition coefficient (Wildman–Crippen LogP) is 2.49. The van der Waals surface area contributed by atoms with Crippen molar-refractivity contribution in [1.29, 1.82) is 5.26 Å².